The van der Waals surface area contributed by atoms with Crippen LogP contribution in [-0.4, -0.2) is 6.04 Å². The lowest BCUT2D eigenvalue weighted by atomic mass is 9.75. The van der Waals surface area contributed by atoms with Gasteiger partial charge in [-0.25, -0.2) is 0 Å². The third-order valence-electron chi connectivity index (χ3n) is 3.94. The molecule has 0 aliphatic heterocycles. The Balaban J connectivity index is 1.55. The van der Waals surface area contributed by atoms with Crippen LogP contribution >= 0.6 is 15.9 Å². The molecule has 3 rings (SSSR count). The normalized spacial score (nSPS) is 23.9. The Kier molecular flexibility index (Phi) is 3.76. The van der Waals surface area contributed by atoms with Gasteiger partial charge in [-0.3, -0.25) is 0 Å². The van der Waals surface area contributed by atoms with Gasteiger partial charge in [0, 0.05) is 10.5 Å². The van der Waals surface area contributed by atoms with Crippen molar-refractivity contribution in [2.24, 2.45) is 0 Å². The van der Waals surface area contributed by atoms with Crippen LogP contribution in [0.5, 0.6) is 0 Å². The quantitative estimate of drug-likeness (QED) is 0.888. The highest BCUT2D eigenvalue weighted by atomic mass is 79.9. The highest BCUT2D eigenvalue weighted by Crippen LogP contribution is 2.40. The molecule has 0 bridgehead atoms. The maximum Gasteiger partial charge on any atom is 0.120 e. The highest BCUT2D eigenvalue weighted by Gasteiger charge is 2.32. The van der Waals surface area contributed by atoms with Crippen LogP contribution in [0.4, 0.5) is 0 Å². The zero-order valence-corrected chi connectivity index (χ0v) is 12.6. The van der Waals surface area contributed by atoms with E-state index < -0.39 is 0 Å². The van der Waals surface area contributed by atoms with E-state index in [0.717, 1.165) is 5.76 Å². The van der Waals surface area contributed by atoms with Crippen LogP contribution in [0, 0.1) is 0 Å². The van der Waals surface area contributed by atoms with E-state index in [-0.39, 0.29) is 0 Å². The first kappa shape index (κ1) is 12.9. The summed E-state index contributed by atoms with van der Waals surface area (Å²) in [5.41, 5.74) is 1.44. The lowest BCUT2D eigenvalue weighted by Crippen LogP contribution is -2.41. The Hall–Kier alpha value is -1.06. The van der Waals surface area contributed by atoms with Crippen molar-refractivity contribution in [3.63, 3.8) is 0 Å². The van der Waals surface area contributed by atoms with Crippen molar-refractivity contribution in [1.29, 1.82) is 0 Å². The third kappa shape index (κ3) is 2.77. The van der Waals surface area contributed by atoms with Crippen LogP contribution in [0.15, 0.2) is 51.6 Å². The molecule has 3 heteroatoms. The number of nitrogens with one attached hydrogen (secondary N) is 1. The molecule has 2 nitrogen and oxygen atoms in total. The summed E-state index contributed by atoms with van der Waals surface area (Å²) in [6.07, 6.45) is 4.14. The maximum absolute atomic E-state index is 5.43. The fourth-order valence-corrected chi connectivity index (χ4v) is 3.40. The van der Waals surface area contributed by atoms with Crippen LogP contribution in [0.25, 0.3) is 0 Å². The van der Waals surface area contributed by atoms with Crippen molar-refractivity contribution in [2.45, 2.75) is 37.8 Å². The van der Waals surface area contributed by atoms with Crippen LogP contribution in [0.1, 0.15) is 43.0 Å². The van der Waals surface area contributed by atoms with E-state index in [9.17, 15) is 0 Å². The van der Waals surface area contributed by atoms with E-state index >= 15 is 0 Å². The van der Waals surface area contributed by atoms with E-state index in [1.165, 1.54) is 22.9 Å². The number of halogens is 1. The van der Waals surface area contributed by atoms with Crippen molar-refractivity contribution in [2.75, 3.05) is 0 Å². The van der Waals surface area contributed by atoms with E-state index in [1.54, 1.807) is 6.26 Å². The van der Waals surface area contributed by atoms with Crippen LogP contribution in [0.2, 0.25) is 0 Å². The van der Waals surface area contributed by atoms with Gasteiger partial charge in [0.25, 0.3) is 0 Å². The van der Waals surface area contributed by atoms with Crippen LogP contribution in [0.3, 0.4) is 0 Å². The number of furan rings is 1. The molecule has 1 aliphatic carbocycles. The lowest BCUT2D eigenvalue weighted by molar-refractivity contribution is 0.258. The maximum atomic E-state index is 5.43. The molecule has 1 fully saturated rings. The molecule has 1 unspecified atom stereocenters. The summed E-state index contributed by atoms with van der Waals surface area (Å²) in [6, 6.07) is 13.4. The Bertz CT molecular complexity index is 531. The molecule has 1 saturated carbocycles. The molecule has 0 radical (unpaired) electrons. The first-order valence-electron chi connectivity index (χ1n) is 6.78. The van der Waals surface area contributed by atoms with E-state index in [0.29, 0.717) is 18.0 Å². The standard InChI is InChI=1S/C16H18BrNO/c1-11(16-7-4-8-19-16)18-13-9-12(10-13)14-5-2-3-6-15(14)17/h2-8,11-13,18H,9-10H2,1H3. The average molecular weight is 320 g/mol. The molecule has 0 amide bonds. The van der Waals surface area contributed by atoms with Gasteiger partial charge in [-0.05, 0) is 49.4 Å². The summed E-state index contributed by atoms with van der Waals surface area (Å²) in [4.78, 5) is 0. The second kappa shape index (κ2) is 5.51. The first-order chi connectivity index (χ1) is 9.24. The van der Waals surface area contributed by atoms with Crippen molar-refractivity contribution in [3.8, 4) is 0 Å². The van der Waals surface area contributed by atoms with E-state index in [1.807, 2.05) is 12.1 Å². The monoisotopic (exact) mass is 319 g/mol. The molecule has 0 saturated heterocycles. The summed E-state index contributed by atoms with van der Waals surface area (Å²) in [6.45, 7) is 2.16. The minimum atomic E-state index is 0.292. The average Bonchev–Trinajstić information content (AvgIpc) is 2.88. The number of benzene rings is 1. The zero-order valence-electron chi connectivity index (χ0n) is 11.0. The molecule has 1 atom stereocenters. The highest BCUT2D eigenvalue weighted by molar-refractivity contribution is 9.10. The molecule has 1 aliphatic rings. The molecule has 2 aromatic rings. The number of hydrogen-bond acceptors (Lipinski definition) is 2. The topological polar surface area (TPSA) is 25.2 Å². The Morgan fingerprint density at radius 3 is 2.68 bits per heavy atom. The van der Waals surface area contributed by atoms with Gasteiger partial charge in [0.15, 0.2) is 0 Å². The van der Waals surface area contributed by atoms with Gasteiger partial charge in [0.2, 0.25) is 0 Å². The minimum absolute atomic E-state index is 0.292. The summed E-state index contributed by atoms with van der Waals surface area (Å²) < 4.78 is 6.66. The van der Waals surface area contributed by atoms with Gasteiger partial charge in [0.1, 0.15) is 5.76 Å². The fourth-order valence-electron chi connectivity index (χ4n) is 2.79. The van der Waals surface area contributed by atoms with Gasteiger partial charge < -0.3 is 9.73 Å². The molecule has 1 heterocycles. The largest absolute Gasteiger partial charge is 0.468 e. The van der Waals surface area contributed by atoms with Gasteiger partial charge in [-0.2, -0.15) is 0 Å². The minimum Gasteiger partial charge on any atom is -0.468 e. The van der Waals surface area contributed by atoms with Crippen molar-refractivity contribution in [3.05, 3.63) is 58.5 Å². The van der Waals surface area contributed by atoms with Crippen molar-refractivity contribution in [1.82, 2.24) is 5.32 Å². The molecule has 0 spiro atoms. The first-order valence-corrected chi connectivity index (χ1v) is 7.57. The molecular weight excluding hydrogens is 302 g/mol. The molecule has 19 heavy (non-hydrogen) atoms. The lowest BCUT2D eigenvalue weighted by Gasteiger charge is -2.38. The summed E-state index contributed by atoms with van der Waals surface area (Å²) in [5.74, 6) is 1.70. The van der Waals surface area contributed by atoms with Crippen LogP contribution in [-0.2, 0) is 0 Å². The number of rotatable bonds is 4. The van der Waals surface area contributed by atoms with Gasteiger partial charge in [-0.1, -0.05) is 34.1 Å². The van der Waals surface area contributed by atoms with Gasteiger partial charge in [-0.15, -0.1) is 0 Å². The Morgan fingerprint density at radius 1 is 1.21 bits per heavy atom. The van der Waals surface area contributed by atoms with Crippen LogP contribution < -0.4 is 5.32 Å². The zero-order chi connectivity index (χ0) is 13.2. The number of hydrogen-bond donors (Lipinski definition) is 1. The molecule has 1 N–H and O–H groups in total. The van der Waals surface area contributed by atoms with Gasteiger partial charge >= 0.3 is 0 Å². The Morgan fingerprint density at radius 2 is 2.00 bits per heavy atom. The Labute approximate surface area is 122 Å². The molecule has 100 valence electrons. The summed E-state index contributed by atoms with van der Waals surface area (Å²) >= 11 is 3.64. The molecular formula is C16H18BrNO. The third-order valence-corrected chi connectivity index (χ3v) is 4.66. The summed E-state index contributed by atoms with van der Waals surface area (Å²) in [7, 11) is 0. The van der Waals surface area contributed by atoms with Gasteiger partial charge in [0.05, 0.1) is 12.3 Å². The summed E-state index contributed by atoms with van der Waals surface area (Å²) in [5, 5.41) is 3.63. The second-order valence-electron chi connectivity index (χ2n) is 5.29. The van der Waals surface area contributed by atoms with Crippen molar-refractivity contribution >= 4 is 15.9 Å². The second-order valence-corrected chi connectivity index (χ2v) is 6.14. The molecule has 1 aromatic heterocycles. The fraction of sp³-hybridized carbons (Fsp3) is 0.375. The smallest absolute Gasteiger partial charge is 0.120 e. The van der Waals surface area contributed by atoms with E-state index in [2.05, 4.69) is 52.4 Å². The predicted molar refractivity (Wildman–Crippen MR) is 80.2 cm³/mol. The van der Waals surface area contributed by atoms with Crippen molar-refractivity contribution < 1.29 is 4.42 Å². The predicted octanol–water partition coefficient (Wildman–Crippen LogP) is 4.64. The molecule has 1 aromatic carbocycles. The van der Waals surface area contributed by atoms with E-state index in [4.69, 9.17) is 4.42 Å². The SMILES string of the molecule is CC(NC1CC(c2ccccc2Br)C1)c1ccco1.